The van der Waals surface area contributed by atoms with Crippen LogP contribution in [0.1, 0.15) is 10.4 Å². The van der Waals surface area contributed by atoms with Gasteiger partial charge in [-0.15, -0.1) is 0 Å². The Morgan fingerprint density at radius 3 is 2.62 bits per heavy atom. The van der Waals surface area contributed by atoms with Gasteiger partial charge in [0.25, 0.3) is 5.91 Å². The van der Waals surface area contributed by atoms with Crippen LogP contribution in [0.5, 0.6) is 0 Å². The third-order valence-electron chi connectivity index (χ3n) is 4.75. The molecule has 5 heteroatoms. The van der Waals surface area contributed by atoms with Gasteiger partial charge in [-0.2, -0.15) is 0 Å². The summed E-state index contributed by atoms with van der Waals surface area (Å²) < 4.78 is 6.83. The molecule has 1 N–H and O–H groups in total. The number of amides is 1. The molecular weight excluding hydrogens is 428 g/mol. The van der Waals surface area contributed by atoms with Gasteiger partial charge in [0.1, 0.15) is 5.52 Å². The predicted molar refractivity (Wildman–Crippen MR) is 119 cm³/mol. The zero-order chi connectivity index (χ0) is 19.8. The maximum absolute atomic E-state index is 12.9. The number of nitrogens with one attached hydrogen (secondary N) is 1. The molecular formula is C24H15BrN2O2. The lowest BCUT2D eigenvalue weighted by atomic mass is 10.0. The standard InChI is InChI=1S/C24H15BrN2O2/c25-17-8-3-7-16(13-17)24-27-21-14-18(11-12-22(21)29-24)26-23(28)20-10-4-6-15-5-1-2-9-19(15)20/h1-14H,(H,26,28). The molecule has 0 atom stereocenters. The minimum atomic E-state index is -0.156. The van der Waals surface area contributed by atoms with E-state index >= 15 is 0 Å². The second-order valence-electron chi connectivity index (χ2n) is 6.69. The molecule has 29 heavy (non-hydrogen) atoms. The zero-order valence-corrected chi connectivity index (χ0v) is 16.8. The number of hydrogen-bond donors (Lipinski definition) is 1. The van der Waals surface area contributed by atoms with Gasteiger partial charge in [0, 0.05) is 21.3 Å². The Bertz CT molecular complexity index is 1370. The lowest BCUT2D eigenvalue weighted by Crippen LogP contribution is -2.12. The maximum Gasteiger partial charge on any atom is 0.256 e. The molecule has 1 amide bonds. The van der Waals surface area contributed by atoms with Gasteiger partial charge in [-0.05, 0) is 53.2 Å². The quantitative estimate of drug-likeness (QED) is 0.339. The van der Waals surface area contributed by atoms with Gasteiger partial charge in [0.15, 0.2) is 5.58 Å². The van der Waals surface area contributed by atoms with Gasteiger partial charge < -0.3 is 9.73 Å². The van der Waals surface area contributed by atoms with Crippen LogP contribution in [0.25, 0.3) is 33.3 Å². The average molecular weight is 443 g/mol. The smallest absolute Gasteiger partial charge is 0.256 e. The van der Waals surface area contributed by atoms with Crippen LogP contribution in [-0.2, 0) is 0 Å². The van der Waals surface area contributed by atoms with E-state index in [4.69, 9.17) is 4.42 Å². The number of anilines is 1. The molecule has 0 aliphatic heterocycles. The van der Waals surface area contributed by atoms with Gasteiger partial charge in [-0.3, -0.25) is 4.79 Å². The third-order valence-corrected chi connectivity index (χ3v) is 5.24. The molecule has 5 rings (SSSR count). The molecule has 140 valence electrons. The van der Waals surface area contributed by atoms with E-state index in [1.165, 1.54) is 0 Å². The van der Waals surface area contributed by atoms with Crippen LogP contribution in [0.4, 0.5) is 5.69 Å². The molecule has 1 heterocycles. The average Bonchev–Trinajstić information content (AvgIpc) is 3.17. The molecule has 1 aromatic heterocycles. The van der Waals surface area contributed by atoms with Crippen molar-refractivity contribution < 1.29 is 9.21 Å². The number of hydrogen-bond acceptors (Lipinski definition) is 3. The van der Waals surface area contributed by atoms with E-state index in [0.29, 0.717) is 28.2 Å². The number of benzene rings is 4. The van der Waals surface area contributed by atoms with Crippen molar-refractivity contribution in [2.75, 3.05) is 5.32 Å². The predicted octanol–water partition coefficient (Wildman–Crippen LogP) is 6.66. The highest BCUT2D eigenvalue weighted by molar-refractivity contribution is 9.10. The lowest BCUT2D eigenvalue weighted by Gasteiger charge is -2.08. The highest BCUT2D eigenvalue weighted by Gasteiger charge is 2.13. The van der Waals surface area contributed by atoms with E-state index in [1.807, 2.05) is 84.9 Å². The molecule has 0 saturated heterocycles. The van der Waals surface area contributed by atoms with E-state index in [0.717, 1.165) is 20.8 Å². The first kappa shape index (κ1) is 17.6. The molecule has 5 aromatic rings. The third kappa shape index (κ3) is 3.41. The summed E-state index contributed by atoms with van der Waals surface area (Å²) in [6.07, 6.45) is 0. The van der Waals surface area contributed by atoms with E-state index < -0.39 is 0 Å². The van der Waals surface area contributed by atoms with E-state index in [9.17, 15) is 4.79 Å². The Hall–Kier alpha value is -3.44. The number of aromatic nitrogens is 1. The number of fused-ring (bicyclic) bond motifs is 2. The van der Waals surface area contributed by atoms with Crippen molar-refractivity contribution in [3.05, 3.63) is 95.0 Å². The van der Waals surface area contributed by atoms with Gasteiger partial charge in [0.2, 0.25) is 5.89 Å². The monoisotopic (exact) mass is 442 g/mol. The van der Waals surface area contributed by atoms with Crippen molar-refractivity contribution in [2.45, 2.75) is 0 Å². The summed E-state index contributed by atoms with van der Waals surface area (Å²) in [5.74, 6) is 0.385. The summed E-state index contributed by atoms with van der Waals surface area (Å²) in [4.78, 5) is 17.4. The van der Waals surface area contributed by atoms with Crippen molar-refractivity contribution in [2.24, 2.45) is 0 Å². The molecule has 4 aromatic carbocycles. The van der Waals surface area contributed by atoms with E-state index in [-0.39, 0.29) is 5.91 Å². The number of carbonyl (C=O) groups is 1. The number of halogens is 1. The highest BCUT2D eigenvalue weighted by Crippen LogP contribution is 2.28. The normalized spacial score (nSPS) is 11.1. The largest absolute Gasteiger partial charge is 0.436 e. The second kappa shape index (κ2) is 7.18. The molecule has 0 saturated carbocycles. The van der Waals surface area contributed by atoms with Gasteiger partial charge in [-0.25, -0.2) is 4.98 Å². The number of nitrogens with zero attached hydrogens (tertiary/aromatic N) is 1. The molecule has 0 unspecified atom stereocenters. The molecule has 4 nitrogen and oxygen atoms in total. The molecule has 0 bridgehead atoms. The van der Waals surface area contributed by atoms with Crippen molar-refractivity contribution in [3.8, 4) is 11.5 Å². The Morgan fingerprint density at radius 2 is 1.72 bits per heavy atom. The molecule has 0 radical (unpaired) electrons. The highest BCUT2D eigenvalue weighted by atomic mass is 79.9. The zero-order valence-electron chi connectivity index (χ0n) is 15.2. The van der Waals surface area contributed by atoms with Crippen molar-refractivity contribution in [3.63, 3.8) is 0 Å². The van der Waals surface area contributed by atoms with E-state index in [2.05, 4.69) is 26.2 Å². The SMILES string of the molecule is O=C(Nc1ccc2oc(-c3cccc(Br)c3)nc2c1)c1cccc2ccccc12. The van der Waals surface area contributed by atoms with Crippen molar-refractivity contribution >= 4 is 49.4 Å². The Morgan fingerprint density at radius 1 is 0.897 bits per heavy atom. The van der Waals surface area contributed by atoms with Crippen LogP contribution < -0.4 is 5.32 Å². The number of rotatable bonds is 3. The van der Waals surface area contributed by atoms with Crippen LogP contribution in [0, 0.1) is 0 Å². The summed E-state index contributed by atoms with van der Waals surface area (Å²) in [7, 11) is 0. The van der Waals surface area contributed by atoms with Gasteiger partial charge >= 0.3 is 0 Å². The summed E-state index contributed by atoms with van der Waals surface area (Å²) in [6, 6.07) is 26.8. The molecule has 0 aliphatic carbocycles. The van der Waals surface area contributed by atoms with Crippen molar-refractivity contribution in [1.29, 1.82) is 0 Å². The van der Waals surface area contributed by atoms with Gasteiger partial charge in [0.05, 0.1) is 0 Å². The topological polar surface area (TPSA) is 55.1 Å². The van der Waals surface area contributed by atoms with Gasteiger partial charge in [-0.1, -0.05) is 58.4 Å². The first-order valence-corrected chi connectivity index (χ1v) is 9.92. The van der Waals surface area contributed by atoms with Crippen LogP contribution >= 0.6 is 15.9 Å². The second-order valence-corrected chi connectivity index (χ2v) is 7.61. The molecule has 0 fully saturated rings. The summed E-state index contributed by atoms with van der Waals surface area (Å²) in [5.41, 5.74) is 3.55. The fourth-order valence-electron chi connectivity index (χ4n) is 3.37. The summed E-state index contributed by atoms with van der Waals surface area (Å²) in [6.45, 7) is 0. The Labute approximate surface area is 175 Å². The minimum absolute atomic E-state index is 0.156. The number of carbonyl (C=O) groups excluding carboxylic acids is 1. The van der Waals surface area contributed by atoms with Crippen LogP contribution in [-0.4, -0.2) is 10.9 Å². The maximum atomic E-state index is 12.9. The summed E-state index contributed by atoms with van der Waals surface area (Å²) >= 11 is 3.46. The first-order valence-electron chi connectivity index (χ1n) is 9.13. The molecule has 0 spiro atoms. The molecule has 0 aliphatic rings. The first-order chi connectivity index (χ1) is 14.2. The summed E-state index contributed by atoms with van der Waals surface area (Å²) in [5, 5.41) is 4.93. The minimum Gasteiger partial charge on any atom is -0.436 e. The fourth-order valence-corrected chi connectivity index (χ4v) is 3.77. The van der Waals surface area contributed by atoms with Crippen molar-refractivity contribution in [1.82, 2.24) is 4.98 Å². The van der Waals surface area contributed by atoms with E-state index in [1.54, 1.807) is 0 Å². The number of oxazole rings is 1. The fraction of sp³-hybridized carbons (Fsp3) is 0. The van der Waals surface area contributed by atoms with Crippen LogP contribution in [0.2, 0.25) is 0 Å². The van der Waals surface area contributed by atoms with Crippen LogP contribution in [0.15, 0.2) is 93.8 Å². The van der Waals surface area contributed by atoms with Crippen LogP contribution in [0.3, 0.4) is 0 Å². The Kier molecular flexibility index (Phi) is 4.37. The lowest BCUT2D eigenvalue weighted by molar-refractivity contribution is 0.102. The Balaban J connectivity index is 1.47.